The number of carbonyl (C=O) groups excluding carboxylic acids is 1. The van der Waals surface area contributed by atoms with E-state index in [1.807, 2.05) is 50.3 Å². The average molecular weight is 278 g/mol. The van der Waals surface area contributed by atoms with E-state index in [1.165, 1.54) is 5.56 Å². The van der Waals surface area contributed by atoms with Gasteiger partial charge in [0.05, 0.1) is 5.41 Å². The molecule has 0 aliphatic carbocycles. The lowest BCUT2D eigenvalue weighted by atomic mass is 9.88. The van der Waals surface area contributed by atoms with Crippen molar-refractivity contribution in [2.45, 2.75) is 20.3 Å². The Hall–Kier alpha value is -2.35. The molecule has 0 amide bonds. The topological polar surface area (TPSA) is 26.3 Å². The number of carbonyl (C=O) groups is 1. The van der Waals surface area contributed by atoms with Gasteiger partial charge in [0, 0.05) is 5.56 Å². The van der Waals surface area contributed by atoms with Crippen LogP contribution in [0.3, 0.4) is 0 Å². The highest BCUT2D eigenvalue weighted by Gasteiger charge is 2.38. The van der Waals surface area contributed by atoms with Gasteiger partial charge in [-0.2, -0.15) is 0 Å². The minimum atomic E-state index is -0.493. The van der Waals surface area contributed by atoms with Crippen LogP contribution in [0, 0.1) is 5.41 Å². The van der Waals surface area contributed by atoms with Gasteiger partial charge < -0.3 is 4.74 Å². The molecule has 21 heavy (non-hydrogen) atoms. The Morgan fingerprint density at radius 3 is 2.05 bits per heavy atom. The molecular weight excluding hydrogens is 260 g/mol. The standard InChI is InChI=1S/C19H18O2/c1-3-19(2)13-17(21-18(19)20)16-11-9-15(10-12-16)14-7-5-4-6-8-14/h4-13H,3H2,1-2H3. The molecule has 0 spiro atoms. The van der Waals surface area contributed by atoms with Crippen LogP contribution in [0.5, 0.6) is 0 Å². The third-order valence-corrected chi connectivity index (χ3v) is 4.13. The van der Waals surface area contributed by atoms with E-state index >= 15 is 0 Å². The highest BCUT2D eigenvalue weighted by Crippen LogP contribution is 2.37. The van der Waals surface area contributed by atoms with Crippen LogP contribution in [0.4, 0.5) is 0 Å². The minimum Gasteiger partial charge on any atom is -0.426 e. The average Bonchev–Trinajstić information content (AvgIpc) is 2.85. The summed E-state index contributed by atoms with van der Waals surface area (Å²) in [4.78, 5) is 11.9. The molecule has 1 heterocycles. The molecule has 2 aromatic rings. The van der Waals surface area contributed by atoms with E-state index in [2.05, 4.69) is 24.3 Å². The first kappa shape index (κ1) is 13.6. The smallest absolute Gasteiger partial charge is 0.321 e. The molecule has 2 aromatic carbocycles. The molecule has 3 rings (SSSR count). The highest BCUT2D eigenvalue weighted by atomic mass is 16.5. The van der Waals surface area contributed by atoms with Gasteiger partial charge in [0.25, 0.3) is 0 Å². The summed E-state index contributed by atoms with van der Waals surface area (Å²) in [5.41, 5.74) is 2.79. The fourth-order valence-corrected chi connectivity index (χ4v) is 2.44. The lowest BCUT2D eigenvalue weighted by molar-refractivity contribution is -0.142. The first-order valence-electron chi connectivity index (χ1n) is 7.23. The van der Waals surface area contributed by atoms with Crippen LogP contribution >= 0.6 is 0 Å². The molecule has 0 bridgehead atoms. The number of cyclic esters (lactones) is 1. The van der Waals surface area contributed by atoms with Gasteiger partial charge in [0.1, 0.15) is 5.76 Å². The summed E-state index contributed by atoms with van der Waals surface area (Å²) >= 11 is 0. The largest absolute Gasteiger partial charge is 0.426 e. The number of hydrogen-bond acceptors (Lipinski definition) is 2. The van der Waals surface area contributed by atoms with Crippen molar-refractivity contribution in [2.75, 3.05) is 0 Å². The first-order chi connectivity index (χ1) is 10.1. The molecular formula is C19H18O2. The number of hydrogen-bond donors (Lipinski definition) is 0. The Morgan fingerprint density at radius 2 is 1.48 bits per heavy atom. The van der Waals surface area contributed by atoms with E-state index in [0.29, 0.717) is 5.76 Å². The zero-order valence-corrected chi connectivity index (χ0v) is 12.3. The molecule has 1 aliphatic heterocycles. The van der Waals surface area contributed by atoms with Crippen molar-refractivity contribution in [3.63, 3.8) is 0 Å². The van der Waals surface area contributed by atoms with Crippen LogP contribution in [0.25, 0.3) is 16.9 Å². The van der Waals surface area contributed by atoms with E-state index in [0.717, 1.165) is 17.5 Å². The quantitative estimate of drug-likeness (QED) is 0.763. The van der Waals surface area contributed by atoms with Crippen molar-refractivity contribution in [1.82, 2.24) is 0 Å². The molecule has 0 fully saturated rings. The van der Waals surface area contributed by atoms with Gasteiger partial charge in [0.15, 0.2) is 0 Å². The fourth-order valence-electron chi connectivity index (χ4n) is 2.44. The normalized spacial score (nSPS) is 21.0. The van der Waals surface area contributed by atoms with Gasteiger partial charge >= 0.3 is 5.97 Å². The third kappa shape index (κ3) is 2.49. The van der Waals surface area contributed by atoms with Crippen LogP contribution in [-0.2, 0) is 9.53 Å². The molecule has 1 atom stereocenters. The number of ether oxygens (including phenoxy) is 1. The minimum absolute atomic E-state index is 0.160. The summed E-state index contributed by atoms with van der Waals surface area (Å²) < 4.78 is 5.42. The van der Waals surface area contributed by atoms with Crippen molar-refractivity contribution in [3.05, 3.63) is 66.2 Å². The van der Waals surface area contributed by atoms with E-state index in [-0.39, 0.29) is 5.97 Å². The van der Waals surface area contributed by atoms with Crippen LogP contribution in [0.1, 0.15) is 25.8 Å². The second-order valence-electron chi connectivity index (χ2n) is 5.61. The van der Waals surface area contributed by atoms with Crippen molar-refractivity contribution in [1.29, 1.82) is 0 Å². The first-order valence-corrected chi connectivity index (χ1v) is 7.23. The molecule has 106 valence electrons. The zero-order chi connectivity index (χ0) is 14.9. The molecule has 1 unspecified atom stereocenters. The Labute approximate surface area is 125 Å². The van der Waals surface area contributed by atoms with E-state index in [1.54, 1.807) is 0 Å². The molecule has 2 heteroatoms. The Bertz CT molecular complexity index is 683. The summed E-state index contributed by atoms with van der Waals surface area (Å²) in [7, 11) is 0. The molecule has 0 aromatic heterocycles. The second-order valence-corrected chi connectivity index (χ2v) is 5.61. The molecule has 0 saturated carbocycles. The van der Waals surface area contributed by atoms with Crippen LogP contribution in [-0.4, -0.2) is 5.97 Å². The lowest BCUT2D eigenvalue weighted by Crippen LogP contribution is -2.20. The van der Waals surface area contributed by atoms with E-state index in [4.69, 9.17) is 4.74 Å². The zero-order valence-electron chi connectivity index (χ0n) is 12.3. The predicted octanol–water partition coefficient (Wildman–Crippen LogP) is 4.67. The summed E-state index contributed by atoms with van der Waals surface area (Å²) in [5, 5.41) is 0. The number of benzene rings is 2. The second kappa shape index (κ2) is 5.21. The van der Waals surface area contributed by atoms with Gasteiger partial charge in [-0.3, -0.25) is 4.79 Å². The lowest BCUT2D eigenvalue weighted by Gasteiger charge is -2.12. The van der Waals surface area contributed by atoms with Gasteiger partial charge in [0.2, 0.25) is 0 Å². The summed E-state index contributed by atoms with van der Waals surface area (Å²) in [6.45, 7) is 3.92. The van der Waals surface area contributed by atoms with E-state index in [9.17, 15) is 4.79 Å². The van der Waals surface area contributed by atoms with Gasteiger partial charge in [-0.15, -0.1) is 0 Å². The predicted molar refractivity (Wildman–Crippen MR) is 84.3 cm³/mol. The SMILES string of the molecule is CCC1(C)C=C(c2ccc(-c3ccccc3)cc2)OC1=O. The maximum absolute atomic E-state index is 11.9. The van der Waals surface area contributed by atoms with Crippen molar-refractivity contribution in [3.8, 4) is 11.1 Å². The molecule has 0 N–H and O–H groups in total. The Kier molecular flexibility index (Phi) is 3.38. The van der Waals surface area contributed by atoms with E-state index < -0.39 is 5.41 Å². The Morgan fingerprint density at radius 1 is 0.905 bits per heavy atom. The van der Waals surface area contributed by atoms with Crippen molar-refractivity contribution < 1.29 is 9.53 Å². The molecule has 0 saturated heterocycles. The van der Waals surface area contributed by atoms with Crippen LogP contribution in [0.2, 0.25) is 0 Å². The third-order valence-electron chi connectivity index (χ3n) is 4.13. The van der Waals surface area contributed by atoms with Gasteiger partial charge in [-0.25, -0.2) is 0 Å². The summed E-state index contributed by atoms with van der Waals surface area (Å²) in [6.07, 6.45) is 2.68. The van der Waals surface area contributed by atoms with Crippen LogP contribution < -0.4 is 0 Å². The Balaban J connectivity index is 1.89. The monoisotopic (exact) mass is 278 g/mol. The van der Waals surface area contributed by atoms with Crippen molar-refractivity contribution in [2.24, 2.45) is 5.41 Å². The molecule has 1 aliphatic rings. The van der Waals surface area contributed by atoms with Gasteiger partial charge in [-0.05, 0) is 30.5 Å². The summed E-state index contributed by atoms with van der Waals surface area (Å²) in [5.74, 6) is 0.510. The maximum atomic E-state index is 11.9. The maximum Gasteiger partial charge on any atom is 0.321 e. The molecule has 2 nitrogen and oxygen atoms in total. The molecule has 0 radical (unpaired) electrons. The van der Waals surface area contributed by atoms with Crippen molar-refractivity contribution >= 4 is 11.7 Å². The number of esters is 1. The van der Waals surface area contributed by atoms with Gasteiger partial charge in [-0.1, -0.05) is 61.5 Å². The fraction of sp³-hybridized carbons (Fsp3) is 0.211. The van der Waals surface area contributed by atoms with Crippen LogP contribution in [0.15, 0.2) is 60.7 Å². The summed E-state index contributed by atoms with van der Waals surface area (Å²) in [6, 6.07) is 18.3. The highest BCUT2D eigenvalue weighted by molar-refractivity contribution is 5.91. The number of rotatable bonds is 3.